The van der Waals surface area contributed by atoms with Crippen molar-refractivity contribution in [1.82, 2.24) is 0 Å². The van der Waals surface area contributed by atoms with Crippen LogP contribution in [0.2, 0.25) is 0 Å². The number of amides is 1. The average Bonchev–Trinajstić information content (AvgIpc) is 3.36. The molecule has 0 saturated carbocycles. The lowest BCUT2D eigenvalue weighted by molar-refractivity contribution is -0.122. The molecule has 33 heavy (non-hydrogen) atoms. The Morgan fingerprint density at radius 2 is 1.73 bits per heavy atom. The summed E-state index contributed by atoms with van der Waals surface area (Å²) in [6.07, 6.45) is 2.63. The standard InChI is InChI=1S/C25H21F3N2O2S/c1-33(29,32)24-13-23-16(11-22(24)28)6-7-30(23)25(31)18-8-14-2-3-15(9-17(14)10-18)20-12-19(26)4-5-21(20)27/h2-5,9,11-13,18,29H,6-8,10H2,1H3. The summed E-state index contributed by atoms with van der Waals surface area (Å²) in [6, 6.07) is 11.4. The first-order chi connectivity index (χ1) is 15.6. The summed E-state index contributed by atoms with van der Waals surface area (Å²) in [7, 11) is -3.27. The maximum absolute atomic E-state index is 14.3. The summed E-state index contributed by atoms with van der Waals surface area (Å²) in [5.41, 5.74) is 3.80. The van der Waals surface area contributed by atoms with Gasteiger partial charge in [0, 0.05) is 30.0 Å². The van der Waals surface area contributed by atoms with E-state index >= 15 is 0 Å². The number of fused-ring (bicyclic) bond motifs is 2. The molecule has 1 amide bonds. The molecule has 1 aliphatic carbocycles. The molecule has 1 heterocycles. The van der Waals surface area contributed by atoms with E-state index < -0.39 is 27.2 Å². The van der Waals surface area contributed by atoms with Crippen molar-refractivity contribution < 1.29 is 22.2 Å². The van der Waals surface area contributed by atoms with Crippen molar-refractivity contribution in [2.75, 3.05) is 17.7 Å². The van der Waals surface area contributed by atoms with E-state index in [4.69, 9.17) is 4.78 Å². The molecule has 0 radical (unpaired) electrons. The Balaban J connectivity index is 1.42. The lowest BCUT2D eigenvalue weighted by Crippen LogP contribution is -2.35. The highest BCUT2D eigenvalue weighted by Crippen LogP contribution is 2.37. The minimum atomic E-state index is -3.27. The molecule has 0 bridgehead atoms. The Hall–Kier alpha value is -3.13. The lowest BCUT2D eigenvalue weighted by Gasteiger charge is -2.22. The van der Waals surface area contributed by atoms with Gasteiger partial charge in [-0.25, -0.2) is 22.2 Å². The third kappa shape index (κ3) is 3.82. The van der Waals surface area contributed by atoms with E-state index in [0.717, 1.165) is 35.6 Å². The quantitative estimate of drug-likeness (QED) is 0.578. The molecular weight excluding hydrogens is 449 g/mol. The molecule has 8 heteroatoms. The predicted molar refractivity (Wildman–Crippen MR) is 120 cm³/mol. The van der Waals surface area contributed by atoms with Gasteiger partial charge >= 0.3 is 0 Å². The van der Waals surface area contributed by atoms with E-state index in [0.29, 0.717) is 42.6 Å². The van der Waals surface area contributed by atoms with Crippen LogP contribution in [-0.2, 0) is 33.8 Å². The van der Waals surface area contributed by atoms with E-state index in [1.165, 1.54) is 12.1 Å². The van der Waals surface area contributed by atoms with Crippen LogP contribution in [-0.4, -0.2) is 22.9 Å². The zero-order valence-corrected chi connectivity index (χ0v) is 18.6. The lowest BCUT2D eigenvalue weighted by atomic mass is 10.00. The Morgan fingerprint density at radius 3 is 2.48 bits per heavy atom. The minimum absolute atomic E-state index is 0.117. The van der Waals surface area contributed by atoms with Crippen LogP contribution in [0.15, 0.2) is 53.4 Å². The van der Waals surface area contributed by atoms with Crippen LogP contribution < -0.4 is 4.90 Å². The van der Waals surface area contributed by atoms with Gasteiger partial charge in [-0.15, -0.1) is 0 Å². The monoisotopic (exact) mass is 470 g/mol. The smallest absolute Gasteiger partial charge is 0.230 e. The number of hydrogen-bond donors (Lipinski definition) is 1. The van der Waals surface area contributed by atoms with Gasteiger partial charge in [-0.1, -0.05) is 18.2 Å². The van der Waals surface area contributed by atoms with Gasteiger partial charge in [0.15, 0.2) is 0 Å². The van der Waals surface area contributed by atoms with Crippen LogP contribution in [0.1, 0.15) is 16.7 Å². The van der Waals surface area contributed by atoms with Crippen molar-refractivity contribution >= 4 is 21.3 Å². The van der Waals surface area contributed by atoms with Crippen LogP contribution in [0.4, 0.5) is 18.9 Å². The largest absolute Gasteiger partial charge is 0.312 e. The molecule has 4 nitrogen and oxygen atoms in total. The molecule has 3 aromatic rings. The molecule has 0 aromatic heterocycles. The molecule has 0 saturated heterocycles. The zero-order valence-electron chi connectivity index (χ0n) is 17.8. The van der Waals surface area contributed by atoms with Crippen molar-refractivity contribution in [3.8, 4) is 11.1 Å². The number of carbonyl (C=O) groups excluding carboxylic acids is 1. The maximum Gasteiger partial charge on any atom is 0.230 e. The fraction of sp³-hybridized carbons (Fsp3) is 0.240. The number of nitrogens with one attached hydrogen (secondary N) is 1. The molecule has 1 aliphatic heterocycles. The summed E-state index contributed by atoms with van der Waals surface area (Å²) >= 11 is 0. The predicted octanol–water partition coefficient (Wildman–Crippen LogP) is 5.11. The van der Waals surface area contributed by atoms with Crippen molar-refractivity contribution in [2.45, 2.75) is 24.2 Å². The van der Waals surface area contributed by atoms with Gasteiger partial charge < -0.3 is 4.90 Å². The SMILES string of the molecule is CS(=N)(=O)c1cc2c(cc1F)CCN2C(=O)C1Cc2ccc(-c3cc(F)ccc3F)cc2C1. The van der Waals surface area contributed by atoms with Crippen LogP contribution in [0.25, 0.3) is 11.1 Å². The summed E-state index contributed by atoms with van der Waals surface area (Å²) in [6.45, 7) is 0.395. The second-order valence-electron chi connectivity index (χ2n) is 8.71. The first-order valence-corrected chi connectivity index (χ1v) is 12.5. The number of anilines is 1. The average molecular weight is 471 g/mol. The first kappa shape index (κ1) is 21.7. The van der Waals surface area contributed by atoms with Crippen LogP contribution in [0, 0.1) is 28.1 Å². The molecular formula is C25H21F3N2O2S. The van der Waals surface area contributed by atoms with Gasteiger partial charge in [0.1, 0.15) is 17.5 Å². The van der Waals surface area contributed by atoms with Crippen molar-refractivity contribution in [3.63, 3.8) is 0 Å². The molecule has 2 unspecified atom stereocenters. The van der Waals surface area contributed by atoms with Gasteiger partial charge in [-0.3, -0.25) is 4.79 Å². The maximum atomic E-state index is 14.3. The summed E-state index contributed by atoms with van der Waals surface area (Å²) in [4.78, 5) is 14.8. The van der Waals surface area contributed by atoms with E-state index in [9.17, 15) is 22.2 Å². The number of nitrogens with zero attached hydrogens (tertiary/aromatic N) is 1. The molecule has 1 N–H and O–H groups in total. The third-order valence-electron chi connectivity index (χ3n) is 6.44. The minimum Gasteiger partial charge on any atom is -0.312 e. The molecule has 2 atom stereocenters. The van der Waals surface area contributed by atoms with Crippen LogP contribution >= 0.6 is 0 Å². The van der Waals surface area contributed by atoms with Crippen molar-refractivity contribution in [2.24, 2.45) is 5.92 Å². The van der Waals surface area contributed by atoms with E-state index in [1.54, 1.807) is 17.0 Å². The van der Waals surface area contributed by atoms with E-state index in [-0.39, 0.29) is 22.3 Å². The van der Waals surface area contributed by atoms with Gasteiger partial charge in [0.25, 0.3) is 0 Å². The molecule has 2 aliphatic rings. The van der Waals surface area contributed by atoms with Gasteiger partial charge in [0.05, 0.1) is 14.6 Å². The summed E-state index contributed by atoms with van der Waals surface area (Å²) in [5, 5.41) is 0. The molecule has 0 spiro atoms. The van der Waals surface area contributed by atoms with Crippen LogP contribution in [0.3, 0.4) is 0 Å². The second-order valence-corrected chi connectivity index (χ2v) is 10.8. The second kappa shape index (κ2) is 7.73. The fourth-order valence-corrected chi connectivity index (χ4v) is 5.58. The van der Waals surface area contributed by atoms with Gasteiger partial charge in [0.2, 0.25) is 5.91 Å². The Bertz CT molecular complexity index is 1420. The summed E-state index contributed by atoms with van der Waals surface area (Å²) in [5.74, 6) is -2.17. The number of halogens is 3. The number of benzene rings is 3. The first-order valence-electron chi connectivity index (χ1n) is 10.6. The normalized spacial score (nSPS) is 18.7. The highest BCUT2D eigenvalue weighted by atomic mass is 32.2. The molecule has 5 rings (SSSR count). The van der Waals surface area contributed by atoms with E-state index in [2.05, 4.69) is 0 Å². The fourth-order valence-electron chi connectivity index (χ4n) is 4.81. The Morgan fingerprint density at radius 1 is 0.970 bits per heavy atom. The summed E-state index contributed by atoms with van der Waals surface area (Å²) < 4.78 is 62.1. The van der Waals surface area contributed by atoms with Gasteiger partial charge in [-0.2, -0.15) is 0 Å². The van der Waals surface area contributed by atoms with Gasteiger partial charge in [-0.05, 0) is 71.8 Å². The number of hydrogen-bond acceptors (Lipinski definition) is 3. The highest BCUT2D eigenvalue weighted by Gasteiger charge is 2.35. The third-order valence-corrected chi connectivity index (χ3v) is 7.59. The number of carbonyl (C=O) groups is 1. The number of rotatable bonds is 3. The van der Waals surface area contributed by atoms with Crippen LogP contribution in [0.5, 0.6) is 0 Å². The Labute approximate surface area is 190 Å². The van der Waals surface area contributed by atoms with E-state index in [1.807, 2.05) is 6.07 Å². The topological polar surface area (TPSA) is 61.2 Å². The molecule has 0 fully saturated rings. The highest BCUT2D eigenvalue weighted by molar-refractivity contribution is 7.91. The van der Waals surface area contributed by atoms with Crippen molar-refractivity contribution in [1.29, 1.82) is 4.78 Å². The zero-order chi connectivity index (χ0) is 23.5. The molecule has 170 valence electrons. The molecule has 3 aromatic carbocycles. The van der Waals surface area contributed by atoms with Crippen molar-refractivity contribution in [3.05, 3.63) is 82.7 Å². The Kier molecular flexibility index (Phi) is 5.08.